The number of nitrogens with zero attached hydrogens (tertiary/aromatic N) is 5. The molecule has 0 aliphatic heterocycles. The summed E-state index contributed by atoms with van der Waals surface area (Å²) >= 11 is 0. The van der Waals surface area contributed by atoms with E-state index in [-0.39, 0.29) is 5.75 Å². The Morgan fingerprint density at radius 2 is 2.12 bits per heavy atom. The maximum Gasteiger partial charge on any atom is 0.234 e. The Labute approximate surface area is 139 Å². The van der Waals surface area contributed by atoms with E-state index in [1.54, 1.807) is 41.9 Å². The smallest absolute Gasteiger partial charge is 0.234 e. The molecule has 0 saturated heterocycles. The number of fused-ring (bicyclic) bond motifs is 1. The number of sulfonamides is 1. The summed E-state index contributed by atoms with van der Waals surface area (Å²) in [5, 5.41) is 13.3. The molecule has 0 radical (unpaired) electrons. The Hall–Kier alpha value is -2.92. The molecule has 0 aliphatic rings. The van der Waals surface area contributed by atoms with Crippen LogP contribution in [0, 0.1) is 11.3 Å². The summed E-state index contributed by atoms with van der Waals surface area (Å²) in [6.07, 6.45) is 3.07. The van der Waals surface area contributed by atoms with E-state index in [9.17, 15) is 8.42 Å². The third-order valence-corrected chi connectivity index (χ3v) is 5.58. The number of hydrogen-bond acceptors (Lipinski definition) is 5. The van der Waals surface area contributed by atoms with Crippen molar-refractivity contribution in [2.45, 2.75) is 6.92 Å². The average Bonchev–Trinajstić information content (AvgIpc) is 3.04. The third kappa shape index (κ3) is 2.59. The lowest BCUT2D eigenvalue weighted by atomic mass is 10.1. The molecule has 0 unspecified atom stereocenters. The molecule has 2 aromatic heterocycles. The quantitative estimate of drug-likeness (QED) is 0.724. The topological polar surface area (TPSA) is 91.4 Å². The van der Waals surface area contributed by atoms with E-state index in [1.165, 1.54) is 17.5 Å². The highest BCUT2D eigenvalue weighted by molar-refractivity contribution is 7.92. The average molecular weight is 341 g/mol. The zero-order chi connectivity index (χ0) is 17.3. The minimum atomic E-state index is -3.34. The fourth-order valence-corrected chi connectivity index (χ4v) is 3.23. The van der Waals surface area contributed by atoms with Gasteiger partial charge in [0.15, 0.2) is 5.65 Å². The van der Waals surface area contributed by atoms with Gasteiger partial charge in [-0.3, -0.25) is 4.31 Å². The first-order valence-electron chi connectivity index (χ1n) is 7.28. The first-order chi connectivity index (χ1) is 11.5. The summed E-state index contributed by atoms with van der Waals surface area (Å²) in [4.78, 5) is 4.18. The summed E-state index contributed by atoms with van der Waals surface area (Å²) < 4.78 is 27.0. The van der Waals surface area contributed by atoms with Gasteiger partial charge in [0.25, 0.3) is 0 Å². The number of rotatable bonds is 4. The molecule has 0 N–H and O–H groups in total. The van der Waals surface area contributed by atoms with Crippen LogP contribution in [0.1, 0.15) is 12.5 Å². The normalized spacial score (nSPS) is 11.4. The highest BCUT2D eigenvalue weighted by Crippen LogP contribution is 2.26. The van der Waals surface area contributed by atoms with Crippen LogP contribution in [0.3, 0.4) is 0 Å². The minimum absolute atomic E-state index is 0.0257. The van der Waals surface area contributed by atoms with Crippen LogP contribution in [-0.2, 0) is 10.0 Å². The SMILES string of the molecule is CCS(=O)(=O)N(C)c1cccc(-c2ccnc3c(C#N)cnn23)c1. The van der Waals surface area contributed by atoms with Crippen LogP contribution in [-0.4, -0.2) is 35.8 Å². The van der Waals surface area contributed by atoms with Gasteiger partial charge in [-0.25, -0.2) is 17.9 Å². The highest BCUT2D eigenvalue weighted by atomic mass is 32.2. The van der Waals surface area contributed by atoms with Gasteiger partial charge in [0.2, 0.25) is 10.0 Å². The fourth-order valence-electron chi connectivity index (χ4n) is 2.40. The first kappa shape index (κ1) is 16.0. The van der Waals surface area contributed by atoms with Crippen molar-refractivity contribution in [2.75, 3.05) is 17.1 Å². The molecule has 0 saturated carbocycles. The number of hydrogen-bond donors (Lipinski definition) is 0. The second kappa shape index (κ2) is 5.94. The predicted molar refractivity (Wildman–Crippen MR) is 91.0 cm³/mol. The predicted octanol–water partition coefficient (Wildman–Crippen LogP) is 2.05. The van der Waals surface area contributed by atoms with Crippen LogP contribution in [0.15, 0.2) is 42.7 Å². The molecule has 0 aliphatic carbocycles. The molecule has 0 spiro atoms. The zero-order valence-electron chi connectivity index (χ0n) is 13.2. The lowest BCUT2D eigenvalue weighted by Gasteiger charge is -2.19. The van der Waals surface area contributed by atoms with Crippen molar-refractivity contribution in [3.63, 3.8) is 0 Å². The number of benzene rings is 1. The molecule has 0 amide bonds. The van der Waals surface area contributed by atoms with Gasteiger partial charge in [0.1, 0.15) is 11.6 Å². The van der Waals surface area contributed by atoms with Gasteiger partial charge in [-0.15, -0.1) is 0 Å². The molecule has 2 heterocycles. The number of nitriles is 1. The molecule has 8 heteroatoms. The minimum Gasteiger partial charge on any atom is -0.273 e. The van der Waals surface area contributed by atoms with Gasteiger partial charge in [-0.1, -0.05) is 12.1 Å². The van der Waals surface area contributed by atoms with E-state index in [2.05, 4.69) is 16.2 Å². The van der Waals surface area contributed by atoms with E-state index in [0.717, 1.165) is 11.3 Å². The van der Waals surface area contributed by atoms with Crippen LogP contribution in [0.2, 0.25) is 0 Å². The maximum atomic E-state index is 12.1. The van der Waals surface area contributed by atoms with Crippen LogP contribution in [0.4, 0.5) is 5.69 Å². The van der Waals surface area contributed by atoms with E-state index in [1.807, 2.05) is 6.07 Å². The van der Waals surface area contributed by atoms with Crippen LogP contribution < -0.4 is 4.31 Å². The standard InChI is InChI=1S/C16H15N5O2S/c1-3-24(22,23)20(2)14-6-4-5-12(9-14)15-7-8-18-16-13(10-17)11-19-21(15)16/h4-9,11H,3H2,1-2H3. The number of aromatic nitrogens is 3. The van der Waals surface area contributed by atoms with Crippen molar-refractivity contribution in [1.82, 2.24) is 14.6 Å². The Morgan fingerprint density at radius 3 is 2.83 bits per heavy atom. The molecule has 3 rings (SSSR count). The van der Waals surface area contributed by atoms with E-state index in [0.29, 0.717) is 16.9 Å². The Morgan fingerprint density at radius 1 is 1.33 bits per heavy atom. The van der Waals surface area contributed by atoms with Crippen molar-refractivity contribution in [2.24, 2.45) is 0 Å². The second-order valence-corrected chi connectivity index (χ2v) is 7.44. The van der Waals surface area contributed by atoms with Gasteiger partial charge in [-0.05, 0) is 25.1 Å². The van der Waals surface area contributed by atoms with E-state index in [4.69, 9.17) is 5.26 Å². The van der Waals surface area contributed by atoms with Gasteiger partial charge >= 0.3 is 0 Å². The van der Waals surface area contributed by atoms with Crippen LogP contribution >= 0.6 is 0 Å². The molecular formula is C16H15N5O2S. The second-order valence-electron chi connectivity index (χ2n) is 5.15. The molecule has 1 aromatic carbocycles. The Bertz CT molecular complexity index is 1050. The first-order valence-corrected chi connectivity index (χ1v) is 8.88. The largest absolute Gasteiger partial charge is 0.273 e. The van der Waals surface area contributed by atoms with Crippen molar-refractivity contribution in [3.8, 4) is 17.3 Å². The summed E-state index contributed by atoms with van der Waals surface area (Å²) in [7, 11) is -1.81. The maximum absolute atomic E-state index is 12.1. The Kier molecular flexibility index (Phi) is 3.95. The van der Waals surface area contributed by atoms with E-state index >= 15 is 0 Å². The van der Waals surface area contributed by atoms with E-state index < -0.39 is 10.0 Å². The summed E-state index contributed by atoms with van der Waals surface area (Å²) in [5.41, 5.74) is 2.93. The molecule has 122 valence electrons. The van der Waals surface area contributed by atoms with Gasteiger partial charge in [-0.2, -0.15) is 10.4 Å². The molecule has 24 heavy (non-hydrogen) atoms. The Balaban J connectivity index is 2.14. The van der Waals surface area contributed by atoms with Crippen molar-refractivity contribution in [1.29, 1.82) is 5.26 Å². The molecule has 0 bridgehead atoms. The summed E-state index contributed by atoms with van der Waals surface area (Å²) in [5.74, 6) is 0.0257. The van der Waals surface area contributed by atoms with Crippen molar-refractivity contribution < 1.29 is 8.42 Å². The molecular weight excluding hydrogens is 326 g/mol. The zero-order valence-corrected chi connectivity index (χ0v) is 14.0. The molecule has 7 nitrogen and oxygen atoms in total. The fraction of sp³-hybridized carbons (Fsp3) is 0.188. The van der Waals surface area contributed by atoms with Crippen LogP contribution in [0.5, 0.6) is 0 Å². The van der Waals surface area contributed by atoms with Gasteiger partial charge in [0.05, 0.1) is 23.3 Å². The lowest BCUT2D eigenvalue weighted by molar-refractivity contribution is 0.595. The molecule has 3 aromatic rings. The van der Waals surface area contributed by atoms with Crippen molar-refractivity contribution >= 4 is 21.4 Å². The molecule has 0 atom stereocenters. The van der Waals surface area contributed by atoms with Gasteiger partial charge in [0, 0.05) is 18.8 Å². The monoisotopic (exact) mass is 341 g/mol. The van der Waals surface area contributed by atoms with Gasteiger partial charge < -0.3 is 0 Å². The van der Waals surface area contributed by atoms with Crippen LogP contribution in [0.25, 0.3) is 16.9 Å². The number of anilines is 1. The highest BCUT2D eigenvalue weighted by Gasteiger charge is 2.17. The third-order valence-electron chi connectivity index (χ3n) is 3.81. The molecule has 0 fully saturated rings. The summed E-state index contributed by atoms with van der Waals surface area (Å²) in [6, 6.07) is 11.0. The lowest BCUT2D eigenvalue weighted by Crippen LogP contribution is -2.27. The van der Waals surface area contributed by atoms with Crippen molar-refractivity contribution in [3.05, 3.63) is 48.3 Å². The summed E-state index contributed by atoms with van der Waals surface area (Å²) in [6.45, 7) is 1.61.